The van der Waals surface area contributed by atoms with Crippen LogP contribution in [-0.4, -0.2) is 12.8 Å². The van der Waals surface area contributed by atoms with E-state index in [0.717, 1.165) is 11.3 Å². The van der Waals surface area contributed by atoms with Crippen molar-refractivity contribution in [3.63, 3.8) is 0 Å². The van der Waals surface area contributed by atoms with Crippen LogP contribution in [0.5, 0.6) is 5.75 Å². The van der Waals surface area contributed by atoms with E-state index in [1.54, 1.807) is 24.3 Å². The first-order valence-corrected chi connectivity index (χ1v) is 8.18. The third-order valence-electron chi connectivity index (χ3n) is 3.49. The topological polar surface area (TPSA) is 50.4 Å². The molecule has 0 bridgehead atoms. The molecule has 0 aliphatic rings. The zero-order valence-electron chi connectivity index (χ0n) is 14.4. The molecule has 0 heterocycles. The van der Waals surface area contributed by atoms with Gasteiger partial charge in [0.1, 0.15) is 5.75 Å². The molecule has 5 heteroatoms. The maximum atomic E-state index is 11.9. The van der Waals surface area contributed by atoms with Crippen molar-refractivity contribution in [2.75, 3.05) is 12.0 Å². The minimum Gasteiger partial charge on any atom is -0.473 e. The Hall–Kier alpha value is -2.20. The van der Waals surface area contributed by atoms with Gasteiger partial charge in [-0.1, -0.05) is 56.1 Å². The Morgan fingerprint density at radius 2 is 1.92 bits per heavy atom. The van der Waals surface area contributed by atoms with Crippen molar-refractivity contribution in [2.45, 2.75) is 33.1 Å². The number of amides is 2. The van der Waals surface area contributed by atoms with E-state index in [1.807, 2.05) is 12.1 Å². The van der Waals surface area contributed by atoms with E-state index >= 15 is 0 Å². The number of halogens is 1. The molecule has 2 N–H and O–H groups in total. The molecular weight excluding hydrogens is 324 g/mol. The molecule has 4 nitrogen and oxygen atoms in total. The van der Waals surface area contributed by atoms with Crippen LogP contribution in [0.4, 0.5) is 10.5 Å². The highest BCUT2D eigenvalue weighted by molar-refractivity contribution is 6.30. The standard InChI is InChI=1S/C19H23ClN2O2/c1-13-8-9-17(16(10-13)19(2,3)4)24-12-21-18(23)22-15-7-5-6-14(20)11-15/h5-11H,12H2,1-4H3,(H2,21,22,23). The quantitative estimate of drug-likeness (QED) is 0.756. The molecule has 0 atom stereocenters. The Kier molecular flexibility index (Phi) is 5.73. The second kappa shape index (κ2) is 7.58. The van der Waals surface area contributed by atoms with Gasteiger partial charge in [-0.3, -0.25) is 0 Å². The van der Waals surface area contributed by atoms with Crippen LogP contribution >= 0.6 is 11.6 Å². The number of ether oxygens (including phenoxy) is 1. The number of carbonyl (C=O) groups excluding carboxylic acids is 1. The lowest BCUT2D eigenvalue weighted by atomic mass is 9.85. The fourth-order valence-corrected chi connectivity index (χ4v) is 2.47. The van der Waals surface area contributed by atoms with Gasteiger partial charge in [-0.15, -0.1) is 0 Å². The molecule has 128 valence electrons. The molecular formula is C19H23ClN2O2. The first-order valence-electron chi connectivity index (χ1n) is 7.80. The number of hydrogen-bond acceptors (Lipinski definition) is 2. The molecule has 2 aromatic carbocycles. The summed E-state index contributed by atoms with van der Waals surface area (Å²) in [5.74, 6) is 0.774. The van der Waals surface area contributed by atoms with Gasteiger partial charge in [-0.25, -0.2) is 4.79 Å². The lowest BCUT2D eigenvalue weighted by Gasteiger charge is -2.23. The maximum Gasteiger partial charge on any atom is 0.321 e. The minimum absolute atomic E-state index is 0.0373. The first-order chi connectivity index (χ1) is 11.3. The lowest BCUT2D eigenvalue weighted by molar-refractivity contribution is 0.233. The van der Waals surface area contributed by atoms with Gasteiger partial charge in [-0.05, 0) is 42.2 Å². The van der Waals surface area contributed by atoms with Crippen molar-refractivity contribution in [3.8, 4) is 5.75 Å². The van der Waals surface area contributed by atoms with Crippen LogP contribution in [0.2, 0.25) is 5.02 Å². The van der Waals surface area contributed by atoms with E-state index < -0.39 is 0 Å². The summed E-state index contributed by atoms with van der Waals surface area (Å²) >= 11 is 5.89. The van der Waals surface area contributed by atoms with Gasteiger partial charge < -0.3 is 15.4 Å². The number of hydrogen-bond donors (Lipinski definition) is 2. The number of benzene rings is 2. The van der Waals surface area contributed by atoms with E-state index in [1.165, 1.54) is 5.56 Å². The van der Waals surface area contributed by atoms with Crippen molar-refractivity contribution in [1.29, 1.82) is 0 Å². The van der Waals surface area contributed by atoms with Gasteiger partial charge in [-0.2, -0.15) is 0 Å². The predicted molar refractivity (Wildman–Crippen MR) is 99.0 cm³/mol. The third-order valence-corrected chi connectivity index (χ3v) is 3.72. The number of carbonyl (C=O) groups is 1. The molecule has 0 saturated heterocycles. The number of urea groups is 1. The number of aryl methyl sites for hydroxylation is 1. The van der Waals surface area contributed by atoms with Gasteiger partial charge in [0.15, 0.2) is 6.73 Å². The zero-order valence-corrected chi connectivity index (χ0v) is 15.2. The van der Waals surface area contributed by atoms with Gasteiger partial charge in [0.2, 0.25) is 0 Å². The smallest absolute Gasteiger partial charge is 0.321 e. The monoisotopic (exact) mass is 346 g/mol. The summed E-state index contributed by atoms with van der Waals surface area (Å²) in [7, 11) is 0. The van der Waals surface area contributed by atoms with E-state index in [-0.39, 0.29) is 18.2 Å². The molecule has 2 amide bonds. The van der Waals surface area contributed by atoms with Crippen molar-refractivity contribution in [2.24, 2.45) is 0 Å². The van der Waals surface area contributed by atoms with Gasteiger partial charge in [0.25, 0.3) is 0 Å². The largest absolute Gasteiger partial charge is 0.473 e. The van der Waals surface area contributed by atoms with Crippen LogP contribution < -0.4 is 15.4 Å². The van der Waals surface area contributed by atoms with Gasteiger partial charge in [0, 0.05) is 10.7 Å². The Morgan fingerprint density at radius 3 is 2.58 bits per heavy atom. The van der Waals surface area contributed by atoms with Crippen LogP contribution in [-0.2, 0) is 5.41 Å². The summed E-state index contributed by atoms with van der Waals surface area (Å²) in [5, 5.41) is 5.95. The van der Waals surface area contributed by atoms with Crippen molar-refractivity contribution in [1.82, 2.24) is 5.32 Å². The summed E-state index contributed by atoms with van der Waals surface area (Å²) < 4.78 is 5.75. The van der Waals surface area contributed by atoms with Crippen molar-refractivity contribution in [3.05, 3.63) is 58.6 Å². The van der Waals surface area contributed by atoms with Crippen LogP contribution in [0.3, 0.4) is 0 Å². The molecule has 0 aliphatic carbocycles. The molecule has 0 fully saturated rings. The fourth-order valence-electron chi connectivity index (χ4n) is 2.28. The van der Waals surface area contributed by atoms with Crippen molar-refractivity contribution < 1.29 is 9.53 Å². The third kappa shape index (κ3) is 5.17. The number of rotatable bonds is 4. The highest BCUT2D eigenvalue weighted by atomic mass is 35.5. The van der Waals surface area contributed by atoms with Crippen molar-refractivity contribution >= 4 is 23.3 Å². The molecule has 0 aromatic heterocycles. The lowest BCUT2D eigenvalue weighted by Crippen LogP contribution is -2.32. The summed E-state index contributed by atoms with van der Waals surface area (Å²) in [5.41, 5.74) is 2.88. The molecule has 0 radical (unpaired) electrons. The summed E-state index contributed by atoms with van der Waals surface area (Å²) in [6.07, 6.45) is 0. The number of anilines is 1. The van der Waals surface area contributed by atoms with E-state index in [0.29, 0.717) is 10.7 Å². The molecule has 0 aliphatic heterocycles. The van der Waals surface area contributed by atoms with E-state index in [2.05, 4.69) is 44.4 Å². The Labute approximate surface area is 148 Å². The fraction of sp³-hybridized carbons (Fsp3) is 0.316. The molecule has 0 saturated carbocycles. The molecule has 0 unspecified atom stereocenters. The first kappa shape index (κ1) is 18.1. The summed E-state index contributed by atoms with van der Waals surface area (Å²) in [6, 6.07) is 12.7. The average Bonchev–Trinajstić information content (AvgIpc) is 2.47. The SMILES string of the molecule is Cc1ccc(OCNC(=O)Nc2cccc(Cl)c2)c(C(C)(C)C)c1. The van der Waals surface area contributed by atoms with E-state index in [9.17, 15) is 4.79 Å². The van der Waals surface area contributed by atoms with E-state index in [4.69, 9.17) is 16.3 Å². The van der Waals surface area contributed by atoms with Crippen LogP contribution in [0.1, 0.15) is 31.9 Å². The van der Waals surface area contributed by atoms with Gasteiger partial charge in [0.05, 0.1) is 0 Å². The molecule has 24 heavy (non-hydrogen) atoms. The van der Waals surface area contributed by atoms with Crippen LogP contribution in [0.15, 0.2) is 42.5 Å². The number of nitrogens with one attached hydrogen (secondary N) is 2. The highest BCUT2D eigenvalue weighted by Gasteiger charge is 2.19. The molecule has 2 rings (SSSR count). The maximum absolute atomic E-state index is 11.9. The Bertz CT molecular complexity index is 724. The Balaban J connectivity index is 1.93. The summed E-state index contributed by atoms with van der Waals surface area (Å²) in [6.45, 7) is 8.53. The summed E-state index contributed by atoms with van der Waals surface area (Å²) in [4.78, 5) is 11.9. The zero-order chi connectivity index (χ0) is 17.7. The average molecular weight is 347 g/mol. The second-order valence-electron chi connectivity index (χ2n) is 6.68. The molecule has 0 spiro atoms. The van der Waals surface area contributed by atoms with Crippen LogP contribution in [0.25, 0.3) is 0 Å². The molecule has 2 aromatic rings. The van der Waals surface area contributed by atoms with Gasteiger partial charge >= 0.3 is 6.03 Å². The Morgan fingerprint density at radius 1 is 1.17 bits per heavy atom. The second-order valence-corrected chi connectivity index (χ2v) is 7.12. The highest BCUT2D eigenvalue weighted by Crippen LogP contribution is 2.31. The normalized spacial score (nSPS) is 11.0. The van der Waals surface area contributed by atoms with Crippen LogP contribution in [0, 0.1) is 6.92 Å². The predicted octanol–water partition coefficient (Wildman–Crippen LogP) is 5.10. The minimum atomic E-state index is -0.346.